The molecule has 174 valence electrons. The van der Waals surface area contributed by atoms with E-state index in [0.29, 0.717) is 27.2 Å². The molecule has 4 aromatic carbocycles. The Morgan fingerprint density at radius 2 is 1.60 bits per heavy atom. The first-order valence-corrected chi connectivity index (χ1v) is 11.1. The van der Waals surface area contributed by atoms with E-state index in [2.05, 4.69) is 5.32 Å². The Morgan fingerprint density at radius 3 is 2.26 bits per heavy atom. The molecule has 0 bridgehead atoms. The lowest BCUT2D eigenvalue weighted by Gasteiger charge is -2.28. The Hall–Kier alpha value is -4.43. The quantitative estimate of drug-likeness (QED) is 0.211. The average Bonchev–Trinajstić information content (AvgIpc) is 2.83. The van der Waals surface area contributed by atoms with Gasteiger partial charge in [0.1, 0.15) is 5.69 Å². The number of nitro groups is 1. The number of carbonyl (C=O) groups is 2. The summed E-state index contributed by atoms with van der Waals surface area (Å²) in [4.78, 5) is 41.5. The fraction of sp³-hybridized carbons (Fsp3) is 0.0769. The number of carbonyl (C=O) groups excluding carboxylic acids is 2. The zero-order valence-electron chi connectivity index (χ0n) is 18.8. The van der Waals surface area contributed by atoms with Gasteiger partial charge in [0.2, 0.25) is 0 Å². The van der Waals surface area contributed by atoms with Crippen LogP contribution in [0, 0.1) is 10.1 Å². The molecule has 35 heavy (non-hydrogen) atoms. The van der Waals surface area contributed by atoms with Crippen molar-refractivity contribution in [3.8, 4) is 0 Å². The Bertz CT molecular complexity index is 1530. The van der Waals surface area contributed by atoms with E-state index in [-0.39, 0.29) is 22.5 Å². The zero-order valence-corrected chi connectivity index (χ0v) is 19.5. The van der Waals surface area contributed by atoms with E-state index < -0.39 is 16.7 Å². The van der Waals surface area contributed by atoms with Gasteiger partial charge in [0.05, 0.1) is 16.2 Å². The van der Waals surface area contributed by atoms with E-state index in [9.17, 15) is 19.7 Å². The molecule has 0 unspecified atom stereocenters. The fourth-order valence-corrected chi connectivity index (χ4v) is 4.46. The summed E-state index contributed by atoms with van der Waals surface area (Å²) in [6.45, 7) is 0. The van der Waals surface area contributed by atoms with Crippen molar-refractivity contribution in [3.05, 3.63) is 99.1 Å². The van der Waals surface area contributed by atoms with Gasteiger partial charge in [-0.2, -0.15) is 0 Å². The maximum atomic E-state index is 13.6. The van der Waals surface area contributed by atoms with Crippen LogP contribution in [0.2, 0.25) is 5.02 Å². The lowest BCUT2D eigenvalue weighted by Crippen LogP contribution is -2.40. The molecule has 8 nitrogen and oxygen atoms in total. The fourth-order valence-electron chi connectivity index (χ4n) is 4.27. The van der Waals surface area contributed by atoms with E-state index in [1.165, 1.54) is 6.07 Å². The van der Waals surface area contributed by atoms with Crippen LogP contribution in [-0.2, 0) is 0 Å². The Labute approximate surface area is 205 Å². The number of hydrogen-bond donors (Lipinski definition) is 1. The lowest BCUT2D eigenvalue weighted by molar-refractivity contribution is -0.383. The molecule has 0 radical (unpaired) electrons. The van der Waals surface area contributed by atoms with Gasteiger partial charge < -0.3 is 10.2 Å². The first-order valence-electron chi connectivity index (χ1n) is 10.7. The standard InChI is InChI=1S/C26H19ClN4O4/c1-29(2)17-9-11-18(12-10-17)30-25(32)20-8-4-7-19-23(20)21(26(30)33)14-22(31(34)35)24(19)28-16-6-3-5-15(27)13-16/h3-14,28H,1-2H3. The molecule has 0 spiro atoms. The van der Waals surface area contributed by atoms with Crippen LogP contribution >= 0.6 is 11.6 Å². The van der Waals surface area contributed by atoms with Gasteiger partial charge >= 0.3 is 0 Å². The topological polar surface area (TPSA) is 95.8 Å². The highest BCUT2D eigenvalue weighted by Gasteiger charge is 2.37. The number of nitrogens with zero attached hydrogens (tertiary/aromatic N) is 3. The summed E-state index contributed by atoms with van der Waals surface area (Å²) in [5, 5.41) is 16.4. The summed E-state index contributed by atoms with van der Waals surface area (Å²) in [6, 6.07) is 19.9. The van der Waals surface area contributed by atoms with Crippen molar-refractivity contribution in [2.24, 2.45) is 0 Å². The number of anilines is 4. The van der Waals surface area contributed by atoms with Gasteiger partial charge in [-0.1, -0.05) is 29.8 Å². The van der Waals surface area contributed by atoms with Crippen molar-refractivity contribution in [1.29, 1.82) is 0 Å². The number of hydrogen-bond acceptors (Lipinski definition) is 6. The van der Waals surface area contributed by atoms with Crippen molar-refractivity contribution < 1.29 is 14.5 Å². The molecule has 5 rings (SSSR count). The smallest absolute Gasteiger partial charge is 0.294 e. The number of amides is 2. The Kier molecular flexibility index (Phi) is 5.37. The first-order chi connectivity index (χ1) is 16.8. The second-order valence-electron chi connectivity index (χ2n) is 8.30. The van der Waals surface area contributed by atoms with Crippen molar-refractivity contribution in [1.82, 2.24) is 0 Å². The monoisotopic (exact) mass is 486 g/mol. The summed E-state index contributed by atoms with van der Waals surface area (Å²) in [5.74, 6) is -1.11. The first kappa shape index (κ1) is 22.4. The molecular weight excluding hydrogens is 468 g/mol. The van der Waals surface area contributed by atoms with Crippen LogP contribution in [0.5, 0.6) is 0 Å². The summed E-state index contributed by atoms with van der Waals surface area (Å²) < 4.78 is 0. The van der Waals surface area contributed by atoms with Crippen LogP contribution in [0.4, 0.5) is 28.4 Å². The highest BCUT2D eigenvalue weighted by molar-refractivity contribution is 6.37. The molecule has 1 aliphatic rings. The molecule has 0 fully saturated rings. The third-order valence-electron chi connectivity index (χ3n) is 5.92. The van der Waals surface area contributed by atoms with E-state index >= 15 is 0 Å². The largest absolute Gasteiger partial charge is 0.378 e. The molecule has 0 atom stereocenters. The summed E-state index contributed by atoms with van der Waals surface area (Å²) in [7, 11) is 3.77. The Balaban J connectivity index is 1.70. The van der Waals surface area contributed by atoms with Gasteiger partial charge in [-0.15, -0.1) is 0 Å². The van der Waals surface area contributed by atoms with Gasteiger partial charge in [-0.05, 0) is 48.5 Å². The number of halogens is 1. The predicted octanol–water partition coefficient (Wildman–Crippen LogP) is 6.01. The van der Waals surface area contributed by atoms with E-state index in [1.807, 2.05) is 19.0 Å². The molecule has 0 saturated carbocycles. The van der Waals surface area contributed by atoms with E-state index in [1.54, 1.807) is 66.7 Å². The zero-order chi connectivity index (χ0) is 24.9. The van der Waals surface area contributed by atoms with Gasteiger partial charge in [-0.3, -0.25) is 19.7 Å². The van der Waals surface area contributed by atoms with Crippen LogP contribution in [-0.4, -0.2) is 30.8 Å². The molecule has 1 heterocycles. The second kappa shape index (κ2) is 8.41. The maximum absolute atomic E-state index is 13.6. The normalized spacial score (nSPS) is 12.7. The van der Waals surface area contributed by atoms with Crippen LogP contribution in [0.25, 0.3) is 10.8 Å². The number of nitro benzene ring substituents is 1. The second-order valence-corrected chi connectivity index (χ2v) is 8.73. The number of benzene rings is 4. The molecular formula is C26H19ClN4O4. The Morgan fingerprint density at radius 1 is 0.914 bits per heavy atom. The minimum absolute atomic E-state index is 0.0928. The van der Waals surface area contributed by atoms with Crippen molar-refractivity contribution >= 4 is 62.6 Å². The number of rotatable bonds is 5. The third-order valence-corrected chi connectivity index (χ3v) is 6.16. The lowest BCUT2D eigenvalue weighted by atomic mass is 9.91. The minimum Gasteiger partial charge on any atom is -0.378 e. The van der Waals surface area contributed by atoms with E-state index in [4.69, 9.17) is 11.6 Å². The molecule has 0 aliphatic carbocycles. The van der Waals surface area contributed by atoms with Crippen LogP contribution in [0.3, 0.4) is 0 Å². The van der Waals surface area contributed by atoms with E-state index in [0.717, 1.165) is 10.6 Å². The van der Waals surface area contributed by atoms with Crippen LogP contribution in [0.15, 0.2) is 72.8 Å². The summed E-state index contributed by atoms with van der Waals surface area (Å²) >= 11 is 6.08. The van der Waals surface area contributed by atoms with Crippen LogP contribution < -0.4 is 15.1 Å². The molecule has 1 N–H and O–H groups in total. The molecule has 1 aliphatic heterocycles. The number of nitrogens with one attached hydrogen (secondary N) is 1. The van der Waals surface area contributed by atoms with Crippen LogP contribution in [0.1, 0.15) is 20.7 Å². The maximum Gasteiger partial charge on any atom is 0.294 e. The van der Waals surface area contributed by atoms with Crippen molar-refractivity contribution in [2.45, 2.75) is 0 Å². The van der Waals surface area contributed by atoms with Gasteiger partial charge in [-0.25, -0.2) is 4.90 Å². The summed E-state index contributed by atoms with van der Waals surface area (Å²) in [6.07, 6.45) is 0. The highest BCUT2D eigenvalue weighted by atomic mass is 35.5. The molecule has 4 aromatic rings. The van der Waals surface area contributed by atoms with Gasteiger partial charge in [0.15, 0.2) is 0 Å². The molecule has 0 aromatic heterocycles. The average molecular weight is 487 g/mol. The van der Waals surface area contributed by atoms with Crippen molar-refractivity contribution in [2.75, 3.05) is 29.2 Å². The highest BCUT2D eigenvalue weighted by Crippen LogP contribution is 2.42. The minimum atomic E-state index is -0.617. The van der Waals surface area contributed by atoms with Crippen molar-refractivity contribution in [3.63, 3.8) is 0 Å². The number of imide groups is 1. The molecule has 9 heteroatoms. The predicted molar refractivity (Wildman–Crippen MR) is 137 cm³/mol. The third kappa shape index (κ3) is 3.74. The van der Waals surface area contributed by atoms with Gasteiger partial charge in [0, 0.05) is 52.9 Å². The molecule has 0 saturated heterocycles. The molecule has 2 amide bonds. The summed E-state index contributed by atoms with van der Waals surface area (Å²) in [5.41, 5.74) is 2.11. The van der Waals surface area contributed by atoms with Gasteiger partial charge in [0.25, 0.3) is 17.5 Å². The SMILES string of the molecule is CN(C)c1ccc(N2C(=O)c3cccc4c(Nc5cccc(Cl)c5)c([N+](=O)[O-])cc(c34)C2=O)cc1.